The van der Waals surface area contributed by atoms with Gasteiger partial charge in [-0.3, -0.25) is 0 Å². The first-order valence-corrected chi connectivity index (χ1v) is 7.56. The van der Waals surface area contributed by atoms with Crippen LogP contribution in [0.4, 0.5) is 0 Å². The lowest BCUT2D eigenvalue weighted by Gasteiger charge is -2.05. The van der Waals surface area contributed by atoms with Crippen LogP contribution in [0.1, 0.15) is 18.2 Å². The Labute approximate surface area is 122 Å². The van der Waals surface area contributed by atoms with Crippen LogP contribution in [0.15, 0.2) is 52.6 Å². The van der Waals surface area contributed by atoms with Crippen molar-refractivity contribution in [2.45, 2.75) is 18.7 Å². The summed E-state index contributed by atoms with van der Waals surface area (Å²) in [5, 5.41) is 18.5. The van der Waals surface area contributed by atoms with Gasteiger partial charge in [0.2, 0.25) is 6.20 Å². The molecule has 8 heteroatoms. The summed E-state index contributed by atoms with van der Waals surface area (Å²) in [6.45, 7) is 3.42. The molecule has 0 unspecified atom stereocenters. The predicted molar refractivity (Wildman–Crippen MR) is 76.9 cm³/mol. The van der Waals surface area contributed by atoms with Gasteiger partial charge in [-0.15, -0.1) is 0 Å². The SMILES string of the molecule is C/C(=N\NS(=O)(=O)c1ccc(C)cc1)c1ccc[n+]([O-])n1. The fourth-order valence-corrected chi connectivity index (χ4v) is 2.39. The average Bonchev–Trinajstić information content (AvgIpc) is 2.45. The van der Waals surface area contributed by atoms with Gasteiger partial charge in [-0.1, -0.05) is 22.5 Å². The number of hydrogen-bond acceptors (Lipinski definition) is 5. The Morgan fingerprint density at radius 1 is 1.29 bits per heavy atom. The van der Waals surface area contributed by atoms with Gasteiger partial charge in [-0.2, -0.15) is 18.4 Å². The molecule has 2 rings (SSSR count). The number of aryl methyl sites for hydroxylation is 1. The smallest absolute Gasteiger partial charge is 0.276 e. The summed E-state index contributed by atoms with van der Waals surface area (Å²) < 4.78 is 24.1. The summed E-state index contributed by atoms with van der Waals surface area (Å²) in [5.74, 6) is 0. The van der Waals surface area contributed by atoms with Crippen molar-refractivity contribution in [1.82, 2.24) is 9.93 Å². The minimum Gasteiger partial charge on any atom is -0.594 e. The van der Waals surface area contributed by atoms with E-state index in [9.17, 15) is 13.6 Å². The monoisotopic (exact) mass is 306 g/mol. The van der Waals surface area contributed by atoms with Crippen molar-refractivity contribution in [2.75, 3.05) is 0 Å². The average molecular weight is 306 g/mol. The number of hydrogen-bond donors (Lipinski definition) is 1. The highest BCUT2D eigenvalue weighted by atomic mass is 32.2. The Kier molecular flexibility index (Phi) is 4.18. The van der Waals surface area contributed by atoms with Gasteiger partial charge >= 0.3 is 0 Å². The van der Waals surface area contributed by atoms with Crippen molar-refractivity contribution in [3.8, 4) is 0 Å². The molecule has 0 aliphatic carbocycles. The van der Waals surface area contributed by atoms with Gasteiger partial charge in [0.15, 0.2) is 5.69 Å². The third kappa shape index (κ3) is 3.76. The Balaban J connectivity index is 2.21. The molecule has 21 heavy (non-hydrogen) atoms. The Morgan fingerprint density at radius 3 is 2.57 bits per heavy atom. The molecule has 0 aliphatic rings. The molecule has 1 N–H and O–H groups in total. The molecular weight excluding hydrogens is 292 g/mol. The molecule has 110 valence electrons. The van der Waals surface area contributed by atoms with Crippen LogP contribution in [-0.2, 0) is 10.0 Å². The highest BCUT2D eigenvalue weighted by Gasteiger charge is 2.13. The lowest BCUT2D eigenvalue weighted by molar-refractivity contribution is -0.669. The molecule has 1 aromatic carbocycles. The highest BCUT2D eigenvalue weighted by Crippen LogP contribution is 2.09. The molecule has 1 heterocycles. The molecule has 2 aromatic rings. The van der Waals surface area contributed by atoms with Crippen LogP contribution in [0.2, 0.25) is 0 Å². The van der Waals surface area contributed by atoms with E-state index in [1.54, 1.807) is 25.1 Å². The molecule has 7 nitrogen and oxygen atoms in total. The van der Waals surface area contributed by atoms with Crippen LogP contribution < -0.4 is 9.68 Å². The number of benzene rings is 1. The van der Waals surface area contributed by atoms with E-state index in [1.807, 2.05) is 6.92 Å². The molecule has 0 atom stereocenters. The third-order valence-electron chi connectivity index (χ3n) is 2.71. The van der Waals surface area contributed by atoms with E-state index in [1.165, 1.54) is 24.4 Å². The van der Waals surface area contributed by atoms with E-state index < -0.39 is 10.0 Å². The maximum absolute atomic E-state index is 12.0. The second-order valence-electron chi connectivity index (χ2n) is 4.40. The summed E-state index contributed by atoms with van der Waals surface area (Å²) in [4.78, 5) is 2.61. The molecule has 0 bridgehead atoms. The van der Waals surface area contributed by atoms with Gasteiger partial charge in [0.05, 0.1) is 10.6 Å². The number of sulfonamides is 1. The summed E-state index contributed by atoms with van der Waals surface area (Å²) in [7, 11) is -3.74. The number of nitrogens with one attached hydrogen (secondary N) is 1. The van der Waals surface area contributed by atoms with Crippen molar-refractivity contribution < 1.29 is 13.3 Å². The largest absolute Gasteiger partial charge is 0.594 e. The van der Waals surface area contributed by atoms with Crippen molar-refractivity contribution >= 4 is 15.7 Å². The summed E-state index contributed by atoms with van der Waals surface area (Å²) >= 11 is 0. The molecule has 0 radical (unpaired) electrons. The normalized spacial score (nSPS) is 12.2. The Hall–Kier alpha value is -2.48. The maximum atomic E-state index is 12.0. The van der Waals surface area contributed by atoms with Gasteiger partial charge in [0, 0.05) is 11.2 Å². The molecule has 1 aromatic heterocycles. The molecule has 0 saturated heterocycles. The number of rotatable bonds is 4. The summed E-state index contributed by atoms with van der Waals surface area (Å²) in [6.07, 6.45) is 1.23. The van der Waals surface area contributed by atoms with Crippen LogP contribution >= 0.6 is 0 Å². The molecule has 0 fully saturated rings. The molecule has 0 saturated carbocycles. The zero-order valence-electron chi connectivity index (χ0n) is 11.5. The van der Waals surface area contributed by atoms with Gasteiger partial charge in [-0.05, 0) is 32.0 Å². The third-order valence-corrected chi connectivity index (χ3v) is 3.93. The highest BCUT2D eigenvalue weighted by molar-refractivity contribution is 7.89. The fraction of sp³-hybridized carbons (Fsp3) is 0.154. The van der Waals surface area contributed by atoms with E-state index in [2.05, 4.69) is 15.0 Å². The van der Waals surface area contributed by atoms with Crippen molar-refractivity contribution in [3.63, 3.8) is 0 Å². The molecule has 0 spiro atoms. The lowest BCUT2D eigenvalue weighted by atomic mass is 10.2. The topological polar surface area (TPSA) is 98.4 Å². The van der Waals surface area contributed by atoms with Gasteiger partial charge < -0.3 is 5.21 Å². The van der Waals surface area contributed by atoms with Crippen LogP contribution in [0, 0.1) is 12.1 Å². The molecule has 0 amide bonds. The standard InChI is InChI=1S/C13H14N4O3S/c1-10-5-7-12(8-6-10)21(19,20)16-14-11(2)13-4-3-9-17(18)15-13/h3-9,16H,1-2H3/b14-11+. The van der Waals surface area contributed by atoms with Gasteiger partial charge in [0.25, 0.3) is 10.0 Å². The van der Waals surface area contributed by atoms with Crippen LogP contribution in [0.25, 0.3) is 0 Å². The molecule has 0 aliphatic heterocycles. The Morgan fingerprint density at radius 2 is 1.95 bits per heavy atom. The Bertz CT molecular complexity index is 770. The minimum absolute atomic E-state index is 0.115. The lowest BCUT2D eigenvalue weighted by Crippen LogP contribution is -2.32. The summed E-state index contributed by atoms with van der Waals surface area (Å²) in [6, 6.07) is 9.45. The fourth-order valence-electron chi connectivity index (χ4n) is 1.53. The van der Waals surface area contributed by atoms with Crippen LogP contribution in [-0.4, -0.2) is 19.2 Å². The number of nitrogens with zero attached hydrogens (tertiary/aromatic N) is 3. The molecular formula is C13H14N4O3S. The maximum Gasteiger partial charge on any atom is 0.276 e. The van der Waals surface area contributed by atoms with E-state index in [0.717, 1.165) is 5.56 Å². The van der Waals surface area contributed by atoms with Gasteiger partial charge in [0.1, 0.15) is 0 Å². The number of hydrazone groups is 1. The van der Waals surface area contributed by atoms with Crippen molar-refractivity contribution in [2.24, 2.45) is 5.10 Å². The zero-order chi connectivity index (χ0) is 15.5. The van der Waals surface area contributed by atoms with Crippen LogP contribution in [0.3, 0.4) is 0 Å². The zero-order valence-corrected chi connectivity index (χ0v) is 12.3. The van der Waals surface area contributed by atoms with Crippen molar-refractivity contribution in [1.29, 1.82) is 0 Å². The first kappa shape index (κ1) is 14.9. The van der Waals surface area contributed by atoms with E-state index >= 15 is 0 Å². The van der Waals surface area contributed by atoms with E-state index in [0.29, 0.717) is 10.5 Å². The van der Waals surface area contributed by atoms with E-state index in [4.69, 9.17) is 0 Å². The summed E-state index contributed by atoms with van der Waals surface area (Å²) in [5.41, 5.74) is 1.54. The van der Waals surface area contributed by atoms with Crippen LogP contribution in [0.5, 0.6) is 0 Å². The van der Waals surface area contributed by atoms with Crippen molar-refractivity contribution in [3.05, 3.63) is 59.1 Å². The first-order valence-electron chi connectivity index (χ1n) is 6.08. The quantitative estimate of drug-likeness (QED) is 0.389. The second kappa shape index (κ2) is 5.88. The predicted octanol–water partition coefficient (Wildman–Crippen LogP) is 0.726. The van der Waals surface area contributed by atoms with E-state index in [-0.39, 0.29) is 10.6 Å². The van der Waals surface area contributed by atoms with Gasteiger partial charge in [-0.25, -0.2) is 0 Å². The number of aromatic nitrogens is 2. The first-order chi connectivity index (χ1) is 9.88. The second-order valence-corrected chi connectivity index (χ2v) is 6.06. The minimum atomic E-state index is -3.74.